The van der Waals surface area contributed by atoms with Crippen LogP contribution < -0.4 is 5.32 Å². The fraction of sp³-hybridized carbons (Fsp3) is 0.465. The summed E-state index contributed by atoms with van der Waals surface area (Å²) in [5.74, 6) is -1.93. The number of aromatic amines is 2. The first kappa shape index (κ1) is 35.1. The van der Waals surface area contributed by atoms with Crippen molar-refractivity contribution in [1.29, 1.82) is 0 Å². The van der Waals surface area contributed by atoms with Crippen molar-refractivity contribution in [2.24, 2.45) is 17.3 Å². The Balaban J connectivity index is 0.881. The molecule has 2 saturated carbocycles. The van der Waals surface area contributed by atoms with E-state index in [9.17, 15) is 14.4 Å². The van der Waals surface area contributed by atoms with Crippen LogP contribution in [0.5, 0.6) is 0 Å². The molecule has 0 radical (unpaired) electrons. The number of nitrogens with zero attached hydrogens (tertiary/aromatic N) is 4. The summed E-state index contributed by atoms with van der Waals surface area (Å²) < 4.78 is 37.7. The van der Waals surface area contributed by atoms with Gasteiger partial charge in [-0.25, -0.2) is 14.8 Å². The van der Waals surface area contributed by atoms with Crippen molar-refractivity contribution in [3.63, 3.8) is 0 Å². The average molecular weight is 762 g/mol. The minimum atomic E-state index is -3.20. The standard InChI is InChI=1S/C43H45F2N7O4/c1-22(2)36(50-41(55)56-3)40(54)52-27-8-4-26(14-27)37(52)39-47-32-11-7-24(17-33(32)48-39)23-5-9-28-29-10-6-25(16-31(29)43(44,45)30(28)15-23)34-19-46-38(49-34)35-18-42(12-13-42)20-51(35)21-53/h5-7,9-11,15-16,19,21-22,24,26-27,35-37H,4,8,12-14,17-18,20H2,1-3H3,(H,46,49)(H,47,48)(H,50,55). The molecule has 2 saturated heterocycles. The maximum atomic E-state index is 16.4. The van der Waals surface area contributed by atoms with Crippen LogP contribution >= 0.6 is 0 Å². The number of ether oxygens (including phenoxy) is 1. The number of hydrogen-bond donors (Lipinski definition) is 3. The molecule has 6 atom stereocenters. The third-order valence-electron chi connectivity index (χ3n) is 13.6. The van der Waals surface area contributed by atoms with Crippen molar-refractivity contribution in [1.82, 2.24) is 35.1 Å². The monoisotopic (exact) mass is 761 g/mol. The Morgan fingerprint density at radius 2 is 1.84 bits per heavy atom. The molecule has 13 heteroatoms. The van der Waals surface area contributed by atoms with E-state index in [1.54, 1.807) is 29.3 Å². The number of likely N-dealkylation sites (tertiary alicyclic amines) is 2. The second kappa shape index (κ2) is 12.6. The van der Waals surface area contributed by atoms with Crippen molar-refractivity contribution in [3.05, 3.63) is 88.4 Å². The number of alkyl halides is 2. The van der Waals surface area contributed by atoms with Crippen LogP contribution in [-0.2, 0) is 26.7 Å². The van der Waals surface area contributed by atoms with Gasteiger partial charge < -0.3 is 29.8 Å². The number of aromatic nitrogens is 4. The number of allylic oxidation sites excluding steroid dienone is 1. The quantitative estimate of drug-likeness (QED) is 0.160. The lowest BCUT2D eigenvalue weighted by molar-refractivity contribution is -0.139. The average Bonchev–Trinajstić information content (AvgIpc) is 3.85. The van der Waals surface area contributed by atoms with Gasteiger partial charge >= 0.3 is 6.09 Å². The highest BCUT2D eigenvalue weighted by Gasteiger charge is 2.54. The molecule has 6 aliphatic rings. The van der Waals surface area contributed by atoms with Gasteiger partial charge in [0.2, 0.25) is 12.3 Å². The molecule has 56 heavy (non-hydrogen) atoms. The SMILES string of the molecule is COC(=O)NC(C(=O)N1C2CCC(C2)C1c1nc2c([nH]1)CC(c1ccc3c(c1)C(F)(F)c1cc(-c4cnc(C5CC6(CC6)CN5C=O)[nH]4)ccc1-3)C=C2)C(C)C. The number of amides is 3. The molecular weight excluding hydrogens is 717 g/mol. The summed E-state index contributed by atoms with van der Waals surface area (Å²) in [5.41, 5.74) is 5.00. The molecule has 3 N–H and O–H groups in total. The van der Waals surface area contributed by atoms with E-state index in [-0.39, 0.29) is 58.3 Å². The van der Waals surface area contributed by atoms with E-state index in [4.69, 9.17) is 9.72 Å². The molecular formula is C43H45F2N7O4. The van der Waals surface area contributed by atoms with Crippen LogP contribution in [0.2, 0.25) is 0 Å². The molecule has 6 unspecified atom stereocenters. The zero-order valence-corrected chi connectivity index (χ0v) is 31.6. The van der Waals surface area contributed by atoms with Gasteiger partial charge in [-0.3, -0.25) is 9.59 Å². The predicted octanol–water partition coefficient (Wildman–Crippen LogP) is 7.39. The van der Waals surface area contributed by atoms with E-state index in [2.05, 4.69) is 20.3 Å². The Morgan fingerprint density at radius 3 is 2.59 bits per heavy atom. The molecule has 10 rings (SSSR count). The molecule has 2 aromatic heterocycles. The van der Waals surface area contributed by atoms with Crippen molar-refractivity contribution in [2.75, 3.05) is 13.7 Å². The van der Waals surface area contributed by atoms with Crippen molar-refractivity contribution < 1.29 is 27.9 Å². The van der Waals surface area contributed by atoms with Gasteiger partial charge in [-0.1, -0.05) is 44.2 Å². The number of hydrogen-bond acceptors (Lipinski definition) is 6. The molecule has 3 amide bonds. The van der Waals surface area contributed by atoms with Crippen LogP contribution in [0.4, 0.5) is 13.6 Å². The van der Waals surface area contributed by atoms with E-state index in [1.807, 2.05) is 49.1 Å². The molecule has 4 aliphatic carbocycles. The first-order chi connectivity index (χ1) is 27.0. The number of carbonyl (C=O) groups excluding carboxylic acids is 3. The Hall–Kier alpha value is -5.33. The van der Waals surface area contributed by atoms with Crippen molar-refractivity contribution in [2.45, 2.75) is 94.8 Å². The van der Waals surface area contributed by atoms with Crippen molar-refractivity contribution in [3.8, 4) is 22.4 Å². The zero-order valence-electron chi connectivity index (χ0n) is 31.6. The summed E-state index contributed by atoms with van der Waals surface area (Å²) in [6.45, 7) is 4.55. The van der Waals surface area contributed by atoms with Crippen molar-refractivity contribution >= 4 is 24.5 Å². The summed E-state index contributed by atoms with van der Waals surface area (Å²) in [6, 6.07) is 9.60. The van der Waals surface area contributed by atoms with Crippen LogP contribution in [0.3, 0.4) is 0 Å². The first-order valence-corrected chi connectivity index (χ1v) is 19.8. The Labute approximate surface area is 323 Å². The van der Waals surface area contributed by atoms with Crippen LogP contribution in [0, 0.1) is 17.3 Å². The van der Waals surface area contributed by atoms with Crippen LogP contribution in [-0.4, -0.2) is 73.9 Å². The summed E-state index contributed by atoms with van der Waals surface area (Å²) >= 11 is 0. The largest absolute Gasteiger partial charge is 0.453 e. The summed E-state index contributed by atoms with van der Waals surface area (Å²) in [4.78, 5) is 58.2. The molecule has 1 spiro atoms. The lowest BCUT2D eigenvalue weighted by Gasteiger charge is -2.37. The lowest BCUT2D eigenvalue weighted by Crippen LogP contribution is -2.54. The highest BCUT2D eigenvalue weighted by atomic mass is 19.3. The summed E-state index contributed by atoms with van der Waals surface area (Å²) in [7, 11) is 1.29. The molecule has 4 heterocycles. The normalized spacial score (nSPS) is 26.4. The molecule has 2 aliphatic heterocycles. The number of fused-ring (bicyclic) bond motifs is 6. The second-order valence-electron chi connectivity index (χ2n) is 17.3. The number of piperidine rings is 1. The maximum Gasteiger partial charge on any atom is 0.407 e. The first-order valence-electron chi connectivity index (χ1n) is 19.8. The van der Waals surface area contributed by atoms with Gasteiger partial charge in [-0.05, 0) is 90.7 Å². The van der Waals surface area contributed by atoms with Gasteiger partial charge in [0.1, 0.15) is 17.7 Å². The number of methoxy groups -OCH3 is 1. The third-order valence-corrected chi connectivity index (χ3v) is 13.6. The molecule has 4 fully saturated rings. The predicted molar refractivity (Wildman–Crippen MR) is 203 cm³/mol. The Kier molecular flexibility index (Phi) is 7.89. The van der Waals surface area contributed by atoms with E-state index >= 15 is 8.78 Å². The minimum Gasteiger partial charge on any atom is -0.453 e. The number of rotatable bonds is 8. The van der Waals surface area contributed by atoms with Gasteiger partial charge in [-0.2, -0.15) is 8.78 Å². The number of halogens is 2. The van der Waals surface area contributed by atoms with E-state index in [0.717, 1.165) is 74.3 Å². The smallest absolute Gasteiger partial charge is 0.407 e. The Bertz CT molecular complexity index is 2310. The number of carbonyl (C=O) groups is 3. The number of nitrogens with one attached hydrogen (secondary N) is 3. The highest BCUT2D eigenvalue weighted by Crippen LogP contribution is 2.58. The molecule has 290 valence electrons. The van der Waals surface area contributed by atoms with Gasteiger partial charge in [0.15, 0.2) is 0 Å². The number of alkyl carbamates (subject to hydrolysis) is 1. The van der Waals surface area contributed by atoms with Crippen LogP contribution in [0.25, 0.3) is 28.5 Å². The molecule has 2 bridgehead atoms. The minimum absolute atomic E-state index is 0.00401. The van der Waals surface area contributed by atoms with Gasteiger partial charge in [0.05, 0.1) is 36.8 Å². The van der Waals surface area contributed by atoms with Crippen LogP contribution in [0.1, 0.15) is 110 Å². The summed E-state index contributed by atoms with van der Waals surface area (Å²) in [6.07, 6.45) is 12.4. The van der Waals surface area contributed by atoms with E-state index < -0.39 is 18.1 Å². The fourth-order valence-electron chi connectivity index (χ4n) is 10.4. The van der Waals surface area contributed by atoms with Crippen LogP contribution in [0.15, 0.2) is 48.7 Å². The molecule has 2 aromatic carbocycles. The summed E-state index contributed by atoms with van der Waals surface area (Å²) in [5, 5.41) is 2.74. The topological polar surface area (TPSA) is 136 Å². The number of H-pyrrole nitrogens is 2. The van der Waals surface area contributed by atoms with Gasteiger partial charge in [-0.15, -0.1) is 0 Å². The van der Waals surface area contributed by atoms with Gasteiger partial charge in [0, 0.05) is 47.3 Å². The lowest BCUT2D eigenvalue weighted by atomic mass is 9.87. The fourth-order valence-corrected chi connectivity index (χ4v) is 10.4. The number of benzene rings is 2. The molecule has 11 nitrogen and oxygen atoms in total. The maximum absolute atomic E-state index is 16.4. The van der Waals surface area contributed by atoms with E-state index in [0.29, 0.717) is 34.6 Å². The molecule has 4 aromatic rings. The second-order valence-corrected chi connectivity index (χ2v) is 17.3. The highest BCUT2D eigenvalue weighted by molar-refractivity contribution is 5.87. The van der Waals surface area contributed by atoms with Gasteiger partial charge in [0.25, 0.3) is 5.92 Å². The number of imidazole rings is 2. The third kappa shape index (κ3) is 5.43. The Morgan fingerprint density at radius 1 is 1.05 bits per heavy atom. The van der Waals surface area contributed by atoms with E-state index in [1.165, 1.54) is 7.11 Å². The zero-order chi connectivity index (χ0) is 38.7.